The van der Waals surface area contributed by atoms with Gasteiger partial charge in [-0.3, -0.25) is 4.57 Å². The molecule has 0 fully saturated rings. The van der Waals surface area contributed by atoms with Crippen LogP contribution in [0.3, 0.4) is 0 Å². The van der Waals surface area contributed by atoms with Gasteiger partial charge in [-0.2, -0.15) is 0 Å². The number of nitrogens with zero attached hydrogens (tertiary/aromatic N) is 3. The number of ether oxygens (including phenoxy) is 1. The number of aromatic nitrogens is 2. The lowest BCUT2D eigenvalue weighted by molar-refractivity contribution is 0.130. The molecular weight excluding hydrogens is 337 g/mol. The van der Waals surface area contributed by atoms with Crippen LogP contribution in [0.5, 0.6) is 5.75 Å². The molecule has 1 aliphatic rings. The molecule has 2 heterocycles. The van der Waals surface area contributed by atoms with Crippen LogP contribution >= 0.6 is 23.2 Å². The molecule has 3 rings (SSSR count). The topological polar surface area (TPSA) is 51.4 Å². The Hall–Kier alpha value is -1.86. The highest BCUT2D eigenvalue weighted by molar-refractivity contribution is 6.68. The van der Waals surface area contributed by atoms with Crippen molar-refractivity contribution in [2.24, 2.45) is 4.99 Å². The van der Waals surface area contributed by atoms with E-state index in [2.05, 4.69) is 15.3 Å². The molecule has 0 saturated carbocycles. The molecule has 1 aliphatic heterocycles. The summed E-state index contributed by atoms with van der Waals surface area (Å²) in [5.41, 5.74) is 0.615. The fraction of sp³-hybridized carbons (Fsp3) is 0.231. The summed E-state index contributed by atoms with van der Waals surface area (Å²) in [4.78, 5) is 7.96. The maximum absolute atomic E-state index is 13.4. The Morgan fingerprint density at radius 1 is 1.41 bits per heavy atom. The van der Waals surface area contributed by atoms with Gasteiger partial charge >= 0.3 is 0 Å². The highest BCUT2D eigenvalue weighted by atomic mass is 35.5. The van der Waals surface area contributed by atoms with Gasteiger partial charge in [0.1, 0.15) is 16.4 Å². The van der Waals surface area contributed by atoms with E-state index in [4.69, 9.17) is 27.9 Å². The molecule has 0 spiro atoms. The van der Waals surface area contributed by atoms with E-state index in [1.165, 1.54) is 19.4 Å². The van der Waals surface area contributed by atoms with E-state index < -0.39 is 17.5 Å². The number of aliphatic imine (C=N–C) groups is 1. The summed E-state index contributed by atoms with van der Waals surface area (Å²) in [5.74, 6) is -0.176. The summed E-state index contributed by atoms with van der Waals surface area (Å²) in [6.07, 6.45) is 0.0440. The van der Waals surface area contributed by atoms with Crippen molar-refractivity contribution in [2.75, 3.05) is 7.11 Å². The van der Waals surface area contributed by atoms with E-state index in [1.54, 1.807) is 18.2 Å². The molecule has 0 radical (unpaired) electrons. The lowest BCUT2D eigenvalue weighted by Crippen LogP contribution is -2.41. The molecule has 2 aromatic rings. The van der Waals surface area contributed by atoms with Crippen LogP contribution < -0.4 is 10.1 Å². The molecular formula is C13H10Cl2F2N4O. The molecule has 22 heavy (non-hydrogen) atoms. The zero-order valence-electron chi connectivity index (χ0n) is 11.2. The quantitative estimate of drug-likeness (QED) is 0.683. The molecule has 0 bridgehead atoms. The number of nitrogens with one attached hydrogen (secondary N) is 1. The highest BCUT2D eigenvalue weighted by Gasteiger charge is 2.37. The molecule has 1 unspecified atom stereocenters. The Labute approximate surface area is 134 Å². The van der Waals surface area contributed by atoms with Crippen molar-refractivity contribution in [1.82, 2.24) is 14.9 Å². The van der Waals surface area contributed by atoms with Gasteiger partial charge in [0.15, 0.2) is 5.82 Å². The maximum atomic E-state index is 13.4. The Kier molecular flexibility index (Phi) is 3.70. The Balaban J connectivity index is 2.32. The number of benzene rings is 1. The number of hydrogen-bond acceptors (Lipinski definition) is 4. The van der Waals surface area contributed by atoms with Crippen molar-refractivity contribution in [3.8, 4) is 5.75 Å². The normalized spacial score (nSPS) is 21.1. The first-order chi connectivity index (χ1) is 10.5. The Morgan fingerprint density at radius 3 is 2.82 bits per heavy atom. The van der Waals surface area contributed by atoms with Crippen molar-refractivity contribution < 1.29 is 13.5 Å². The molecule has 1 N–H and O–H groups in total. The highest BCUT2D eigenvalue weighted by Crippen LogP contribution is 2.36. The third-order valence-corrected chi connectivity index (χ3v) is 3.70. The second-order valence-electron chi connectivity index (χ2n) is 4.43. The number of imidazole rings is 1. The third kappa shape index (κ3) is 2.30. The average molecular weight is 347 g/mol. The predicted molar refractivity (Wildman–Crippen MR) is 80.6 cm³/mol. The summed E-state index contributed by atoms with van der Waals surface area (Å²) in [6.45, 7) is 0. The van der Waals surface area contributed by atoms with E-state index in [1.807, 2.05) is 0 Å². The number of halogens is 4. The van der Waals surface area contributed by atoms with Gasteiger partial charge in [-0.15, -0.1) is 0 Å². The van der Waals surface area contributed by atoms with Crippen LogP contribution in [-0.4, -0.2) is 21.8 Å². The van der Waals surface area contributed by atoms with Gasteiger partial charge in [0.05, 0.1) is 12.6 Å². The van der Waals surface area contributed by atoms with Gasteiger partial charge in [0.25, 0.3) is 11.7 Å². The summed E-state index contributed by atoms with van der Waals surface area (Å²) >= 11 is 12.2. The number of methoxy groups -OCH3 is 1. The molecule has 1 aromatic carbocycles. The van der Waals surface area contributed by atoms with Gasteiger partial charge in [0.2, 0.25) is 0 Å². The first-order valence-electron chi connectivity index (χ1n) is 6.19. The molecule has 0 saturated heterocycles. The molecule has 0 aliphatic carbocycles. The Morgan fingerprint density at radius 2 is 2.18 bits per heavy atom. The number of rotatable bonds is 3. The molecule has 1 aromatic heterocycles. The number of para-hydroxylation sites is 1. The third-order valence-electron chi connectivity index (χ3n) is 3.13. The van der Waals surface area contributed by atoms with Crippen molar-refractivity contribution in [1.29, 1.82) is 0 Å². The molecule has 5 nitrogen and oxygen atoms in total. The van der Waals surface area contributed by atoms with Crippen molar-refractivity contribution in [3.05, 3.63) is 36.3 Å². The average Bonchev–Trinajstić information content (AvgIpc) is 2.87. The van der Waals surface area contributed by atoms with Gasteiger partial charge < -0.3 is 10.1 Å². The second-order valence-corrected chi connectivity index (χ2v) is 5.35. The minimum atomic E-state index is -2.85. The number of hydrogen-bond donors (Lipinski definition) is 1. The van der Waals surface area contributed by atoms with Crippen molar-refractivity contribution in [2.45, 2.75) is 11.7 Å². The van der Waals surface area contributed by atoms with Gasteiger partial charge in [0, 0.05) is 6.20 Å². The summed E-state index contributed by atoms with van der Waals surface area (Å²) in [7, 11) is 1.43. The van der Waals surface area contributed by atoms with E-state index in [0.717, 1.165) is 4.57 Å². The minimum absolute atomic E-state index is 0.0821. The fourth-order valence-corrected chi connectivity index (χ4v) is 2.82. The summed E-state index contributed by atoms with van der Waals surface area (Å²) < 4.78 is 33.1. The van der Waals surface area contributed by atoms with Crippen LogP contribution in [0.2, 0.25) is 0 Å². The van der Waals surface area contributed by atoms with E-state index >= 15 is 0 Å². The zero-order valence-corrected chi connectivity index (χ0v) is 12.7. The van der Waals surface area contributed by atoms with Crippen LogP contribution in [0.15, 0.2) is 35.5 Å². The van der Waals surface area contributed by atoms with E-state index in [-0.39, 0.29) is 10.7 Å². The number of fused-ring (bicyclic) bond motifs is 1. The standard InChI is InChI=1S/C13H10Cl2F2N4O/c1-22-8-4-2-3-7-10(8)19-12(11(16)17)21(7)13(15)18-6-5-9(14)20-13/h2-6,11,18H,1H3. The maximum Gasteiger partial charge on any atom is 0.295 e. The number of allylic oxidation sites excluding steroid dienone is 1. The SMILES string of the molecule is COc1cccc2c1nc(C(F)F)n2C1(Cl)N=C(Cl)C=CN1. The fourth-order valence-electron chi connectivity index (χ4n) is 2.26. The summed E-state index contributed by atoms with van der Waals surface area (Å²) in [5, 5.41) is 1.07. The van der Waals surface area contributed by atoms with Gasteiger partial charge in [-0.25, -0.2) is 18.8 Å². The minimum Gasteiger partial charge on any atom is -0.494 e. The predicted octanol–water partition coefficient (Wildman–Crippen LogP) is 3.54. The zero-order chi connectivity index (χ0) is 15.9. The first-order valence-corrected chi connectivity index (χ1v) is 6.94. The lowest BCUT2D eigenvalue weighted by atomic mass is 10.3. The van der Waals surface area contributed by atoms with Gasteiger partial charge in [-0.05, 0) is 29.8 Å². The van der Waals surface area contributed by atoms with Crippen LogP contribution in [0.4, 0.5) is 8.78 Å². The lowest BCUT2D eigenvalue weighted by Gasteiger charge is -2.29. The van der Waals surface area contributed by atoms with E-state index in [9.17, 15) is 8.78 Å². The monoisotopic (exact) mass is 346 g/mol. The first kappa shape index (κ1) is 15.1. The van der Waals surface area contributed by atoms with E-state index in [0.29, 0.717) is 11.3 Å². The Bertz CT molecular complexity index is 790. The molecule has 1 atom stereocenters. The van der Waals surface area contributed by atoms with Crippen molar-refractivity contribution >= 4 is 39.4 Å². The van der Waals surface area contributed by atoms with Crippen LogP contribution in [0, 0.1) is 0 Å². The molecule has 116 valence electrons. The van der Waals surface area contributed by atoms with Crippen LogP contribution in [0.25, 0.3) is 11.0 Å². The number of alkyl halides is 3. The molecule has 0 amide bonds. The molecule has 9 heteroatoms. The largest absolute Gasteiger partial charge is 0.494 e. The summed E-state index contributed by atoms with van der Waals surface area (Å²) in [6, 6.07) is 4.88. The van der Waals surface area contributed by atoms with Crippen molar-refractivity contribution in [3.63, 3.8) is 0 Å². The van der Waals surface area contributed by atoms with Crippen LogP contribution in [0.1, 0.15) is 12.2 Å². The van der Waals surface area contributed by atoms with Gasteiger partial charge in [-0.1, -0.05) is 17.7 Å². The van der Waals surface area contributed by atoms with Crippen LogP contribution in [-0.2, 0) is 5.25 Å². The smallest absolute Gasteiger partial charge is 0.295 e. The second kappa shape index (κ2) is 5.40.